The second-order valence-corrected chi connectivity index (χ2v) is 4.25. The van der Waals surface area contributed by atoms with Crippen LogP contribution in [0.15, 0.2) is 0 Å². The Morgan fingerprint density at radius 1 is 1.21 bits per heavy atom. The van der Waals surface area contributed by atoms with E-state index in [0.717, 1.165) is 12.8 Å². The van der Waals surface area contributed by atoms with E-state index in [1.165, 1.54) is 0 Å². The summed E-state index contributed by atoms with van der Waals surface area (Å²) >= 11 is 0. The van der Waals surface area contributed by atoms with Crippen LogP contribution in [-0.2, 0) is 9.53 Å². The van der Waals surface area contributed by atoms with Gasteiger partial charge in [0.25, 0.3) is 0 Å². The quantitative estimate of drug-likeness (QED) is 0.631. The fourth-order valence-corrected chi connectivity index (χ4v) is 1.75. The van der Waals surface area contributed by atoms with Crippen LogP contribution in [0.3, 0.4) is 0 Å². The lowest BCUT2D eigenvalue weighted by atomic mass is 9.91. The van der Waals surface area contributed by atoms with Gasteiger partial charge >= 0.3 is 0 Å². The standard InChI is InChI=1S/C12H24O2/c1-6-10(7-2)8-11(13)12(14-5)9(3)4/h9-10,12H,6-8H2,1-5H3. The molecular formula is C12H24O2. The lowest BCUT2D eigenvalue weighted by Crippen LogP contribution is -2.29. The lowest BCUT2D eigenvalue weighted by molar-refractivity contribution is -0.132. The molecule has 0 radical (unpaired) electrons. The van der Waals surface area contributed by atoms with E-state index in [1.807, 2.05) is 13.8 Å². The molecule has 0 bridgehead atoms. The highest BCUT2D eigenvalue weighted by Gasteiger charge is 2.23. The van der Waals surface area contributed by atoms with Crippen molar-refractivity contribution in [3.63, 3.8) is 0 Å². The van der Waals surface area contributed by atoms with Gasteiger partial charge in [-0.2, -0.15) is 0 Å². The van der Waals surface area contributed by atoms with Crippen molar-refractivity contribution in [3.05, 3.63) is 0 Å². The Bertz CT molecular complexity index is 160. The Balaban J connectivity index is 4.16. The van der Waals surface area contributed by atoms with Crippen molar-refractivity contribution >= 4 is 5.78 Å². The number of hydrogen-bond donors (Lipinski definition) is 0. The number of rotatable bonds is 7. The highest BCUT2D eigenvalue weighted by atomic mass is 16.5. The van der Waals surface area contributed by atoms with Gasteiger partial charge < -0.3 is 4.74 Å². The number of Topliss-reactive ketones (excluding diaryl/α,β-unsaturated/α-hetero) is 1. The van der Waals surface area contributed by atoms with E-state index < -0.39 is 0 Å². The van der Waals surface area contributed by atoms with Crippen molar-refractivity contribution < 1.29 is 9.53 Å². The van der Waals surface area contributed by atoms with E-state index in [0.29, 0.717) is 12.3 Å². The zero-order valence-corrected chi connectivity index (χ0v) is 10.2. The van der Waals surface area contributed by atoms with Crippen LogP contribution in [0.2, 0.25) is 0 Å². The molecule has 2 nitrogen and oxygen atoms in total. The van der Waals surface area contributed by atoms with Gasteiger partial charge in [0.2, 0.25) is 0 Å². The van der Waals surface area contributed by atoms with Crippen LogP contribution < -0.4 is 0 Å². The van der Waals surface area contributed by atoms with E-state index in [1.54, 1.807) is 7.11 Å². The molecule has 0 aliphatic carbocycles. The van der Waals surface area contributed by atoms with Crippen LogP contribution in [0.1, 0.15) is 47.0 Å². The highest BCUT2D eigenvalue weighted by molar-refractivity contribution is 5.83. The Morgan fingerprint density at radius 3 is 2.00 bits per heavy atom. The molecule has 0 aromatic carbocycles. The van der Waals surface area contributed by atoms with Gasteiger partial charge in [0.1, 0.15) is 6.10 Å². The Hall–Kier alpha value is -0.370. The van der Waals surface area contributed by atoms with Crippen molar-refractivity contribution in [2.24, 2.45) is 11.8 Å². The first kappa shape index (κ1) is 13.6. The molecule has 0 aromatic rings. The molecule has 1 unspecified atom stereocenters. The maximum Gasteiger partial charge on any atom is 0.162 e. The van der Waals surface area contributed by atoms with E-state index in [9.17, 15) is 4.79 Å². The number of methoxy groups -OCH3 is 1. The van der Waals surface area contributed by atoms with Crippen molar-refractivity contribution in [2.45, 2.75) is 53.1 Å². The molecule has 14 heavy (non-hydrogen) atoms. The third-order valence-electron chi connectivity index (χ3n) is 2.82. The molecule has 2 heteroatoms. The zero-order chi connectivity index (χ0) is 11.1. The van der Waals surface area contributed by atoms with Gasteiger partial charge in [0.15, 0.2) is 5.78 Å². The van der Waals surface area contributed by atoms with Crippen LogP contribution >= 0.6 is 0 Å². The third-order valence-corrected chi connectivity index (χ3v) is 2.82. The van der Waals surface area contributed by atoms with Crippen LogP contribution in [0.4, 0.5) is 0 Å². The van der Waals surface area contributed by atoms with Gasteiger partial charge in [0.05, 0.1) is 0 Å². The lowest BCUT2D eigenvalue weighted by Gasteiger charge is -2.20. The normalized spacial score (nSPS) is 13.6. The summed E-state index contributed by atoms with van der Waals surface area (Å²) in [4.78, 5) is 11.8. The summed E-state index contributed by atoms with van der Waals surface area (Å²) in [6.07, 6.45) is 2.62. The first-order valence-electron chi connectivity index (χ1n) is 5.62. The van der Waals surface area contributed by atoms with E-state index in [4.69, 9.17) is 4.74 Å². The van der Waals surface area contributed by atoms with E-state index in [-0.39, 0.29) is 17.8 Å². The molecule has 0 aromatic heterocycles. The molecule has 0 amide bonds. The topological polar surface area (TPSA) is 26.3 Å². The van der Waals surface area contributed by atoms with Gasteiger partial charge in [-0.3, -0.25) is 4.79 Å². The first-order valence-corrected chi connectivity index (χ1v) is 5.62. The van der Waals surface area contributed by atoms with Crippen molar-refractivity contribution in [3.8, 4) is 0 Å². The summed E-state index contributed by atoms with van der Waals surface area (Å²) in [6.45, 7) is 8.33. The molecule has 0 fully saturated rings. The summed E-state index contributed by atoms with van der Waals surface area (Å²) < 4.78 is 5.21. The van der Waals surface area contributed by atoms with E-state index in [2.05, 4.69) is 13.8 Å². The van der Waals surface area contributed by atoms with Crippen LogP contribution in [-0.4, -0.2) is 19.0 Å². The second kappa shape index (κ2) is 6.99. The molecule has 84 valence electrons. The molecule has 0 aliphatic heterocycles. The first-order chi connectivity index (χ1) is 6.56. The van der Waals surface area contributed by atoms with Gasteiger partial charge in [-0.1, -0.05) is 40.5 Å². The number of ketones is 1. The minimum atomic E-state index is -0.212. The fourth-order valence-electron chi connectivity index (χ4n) is 1.75. The van der Waals surface area contributed by atoms with E-state index >= 15 is 0 Å². The predicted octanol–water partition coefficient (Wildman–Crippen LogP) is 3.05. The van der Waals surface area contributed by atoms with Gasteiger partial charge in [0, 0.05) is 13.5 Å². The largest absolute Gasteiger partial charge is 0.373 e. The summed E-state index contributed by atoms with van der Waals surface area (Å²) in [5, 5.41) is 0. The molecule has 1 atom stereocenters. The average Bonchev–Trinajstić information content (AvgIpc) is 2.14. The number of carbonyl (C=O) groups excluding carboxylic acids is 1. The molecule has 0 spiro atoms. The molecule has 0 rings (SSSR count). The monoisotopic (exact) mass is 200 g/mol. The second-order valence-electron chi connectivity index (χ2n) is 4.25. The minimum absolute atomic E-state index is 0.212. The fraction of sp³-hybridized carbons (Fsp3) is 0.917. The van der Waals surface area contributed by atoms with Gasteiger partial charge in [-0.15, -0.1) is 0 Å². The Kier molecular flexibility index (Phi) is 6.81. The van der Waals surface area contributed by atoms with Crippen LogP contribution in [0, 0.1) is 11.8 Å². The summed E-state index contributed by atoms with van der Waals surface area (Å²) in [5.41, 5.74) is 0. The van der Waals surface area contributed by atoms with Crippen molar-refractivity contribution in [1.29, 1.82) is 0 Å². The van der Waals surface area contributed by atoms with Gasteiger partial charge in [-0.05, 0) is 11.8 Å². The minimum Gasteiger partial charge on any atom is -0.373 e. The smallest absolute Gasteiger partial charge is 0.162 e. The van der Waals surface area contributed by atoms with Crippen molar-refractivity contribution in [1.82, 2.24) is 0 Å². The summed E-state index contributed by atoms with van der Waals surface area (Å²) in [5.74, 6) is 1.07. The average molecular weight is 200 g/mol. The number of hydrogen-bond acceptors (Lipinski definition) is 2. The molecule has 0 aliphatic rings. The summed E-state index contributed by atoms with van der Waals surface area (Å²) in [7, 11) is 1.62. The SMILES string of the molecule is CCC(CC)CC(=O)C(OC)C(C)C. The maximum absolute atomic E-state index is 11.8. The zero-order valence-electron chi connectivity index (χ0n) is 10.2. The maximum atomic E-state index is 11.8. The number of ether oxygens (including phenoxy) is 1. The Labute approximate surface area is 88.0 Å². The molecule has 0 saturated heterocycles. The van der Waals surface area contributed by atoms with Gasteiger partial charge in [-0.25, -0.2) is 0 Å². The molecule has 0 heterocycles. The van der Waals surface area contributed by atoms with Crippen LogP contribution in [0.5, 0.6) is 0 Å². The predicted molar refractivity (Wildman–Crippen MR) is 59.3 cm³/mol. The Morgan fingerprint density at radius 2 is 1.71 bits per heavy atom. The van der Waals surface area contributed by atoms with Crippen molar-refractivity contribution in [2.75, 3.05) is 7.11 Å². The number of carbonyl (C=O) groups is 1. The molecular weight excluding hydrogens is 176 g/mol. The van der Waals surface area contributed by atoms with Crippen LogP contribution in [0.25, 0.3) is 0 Å². The molecule has 0 saturated carbocycles. The molecule has 0 N–H and O–H groups in total. The third kappa shape index (κ3) is 4.23. The summed E-state index contributed by atoms with van der Waals surface area (Å²) in [6, 6.07) is 0. The highest BCUT2D eigenvalue weighted by Crippen LogP contribution is 2.17.